The van der Waals surface area contributed by atoms with E-state index in [1.807, 2.05) is 53.1 Å². The minimum Gasteiger partial charge on any atom is -0.401 e. The fraction of sp³-hybridized carbons (Fsp3) is 0.0952. The number of nitrogens with one attached hydrogen (secondary N) is 1. The van der Waals surface area contributed by atoms with Crippen molar-refractivity contribution < 1.29 is 0 Å². The molecule has 146 valence electrons. The van der Waals surface area contributed by atoms with Crippen molar-refractivity contribution in [3.05, 3.63) is 72.2 Å². The summed E-state index contributed by atoms with van der Waals surface area (Å²) in [5.41, 5.74) is 16.6. The minimum atomic E-state index is 0.404. The number of hydrogen-bond donors (Lipinski definition) is 3. The van der Waals surface area contributed by atoms with Crippen LogP contribution in [0.15, 0.2) is 66.6 Å². The fourth-order valence-electron chi connectivity index (χ4n) is 2.99. The zero-order valence-corrected chi connectivity index (χ0v) is 16.6. The number of imidazole rings is 1. The second-order valence-electron chi connectivity index (χ2n) is 6.58. The van der Waals surface area contributed by atoms with Crippen molar-refractivity contribution in [1.82, 2.24) is 19.5 Å². The lowest BCUT2D eigenvalue weighted by molar-refractivity contribution is 1.07. The summed E-state index contributed by atoms with van der Waals surface area (Å²) in [5.74, 6) is 2.18. The Hall–Kier alpha value is -3.58. The van der Waals surface area contributed by atoms with Gasteiger partial charge in [0, 0.05) is 29.7 Å². The van der Waals surface area contributed by atoms with Crippen molar-refractivity contribution in [1.29, 1.82) is 0 Å². The predicted molar refractivity (Wildman–Crippen MR) is 118 cm³/mol. The van der Waals surface area contributed by atoms with Gasteiger partial charge in [-0.15, -0.1) is 11.6 Å². The number of fused-ring (bicyclic) bond motifs is 1. The molecule has 0 atom stereocenters. The lowest BCUT2D eigenvalue weighted by Crippen LogP contribution is -2.03. The van der Waals surface area contributed by atoms with Gasteiger partial charge in [0.05, 0.1) is 5.56 Å². The van der Waals surface area contributed by atoms with E-state index in [1.54, 1.807) is 19.3 Å². The number of aromatic nitrogens is 4. The summed E-state index contributed by atoms with van der Waals surface area (Å²) in [7, 11) is 0. The summed E-state index contributed by atoms with van der Waals surface area (Å²) in [6.45, 7) is 1.80. The normalized spacial score (nSPS) is 11.7. The molecule has 0 amide bonds. The number of hydrogen-bond acceptors (Lipinski definition) is 6. The van der Waals surface area contributed by atoms with Gasteiger partial charge in [0.1, 0.15) is 17.2 Å². The van der Waals surface area contributed by atoms with Crippen molar-refractivity contribution in [2.75, 3.05) is 11.1 Å². The van der Waals surface area contributed by atoms with E-state index in [0.29, 0.717) is 34.7 Å². The third-order valence-corrected chi connectivity index (χ3v) is 4.69. The average molecular weight is 406 g/mol. The Kier molecular flexibility index (Phi) is 5.05. The van der Waals surface area contributed by atoms with Gasteiger partial charge >= 0.3 is 0 Å². The maximum atomic E-state index is 6.14. The van der Waals surface area contributed by atoms with E-state index in [1.165, 1.54) is 0 Å². The molecule has 0 aliphatic heterocycles. The molecule has 0 saturated heterocycles. The Balaban J connectivity index is 1.96. The lowest BCUT2D eigenvalue weighted by atomic mass is 10.2. The molecule has 0 unspecified atom stereocenters. The number of alkyl halides is 1. The molecule has 29 heavy (non-hydrogen) atoms. The lowest BCUT2D eigenvalue weighted by Gasteiger charge is -2.11. The molecule has 3 aromatic heterocycles. The summed E-state index contributed by atoms with van der Waals surface area (Å²) in [4.78, 5) is 13.7. The van der Waals surface area contributed by atoms with Crippen LogP contribution in [0.4, 0.5) is 11.6 Å². The largest absolute Gasteiger partial charge is 0.401 e. The molecule has 0 radical (unpaired) electrons. The molecule has 0 spiro atoms. The van der Waals surface area contributed by atoms with E-state index in [4.69, 9.17) is 33.0 Å². The van der Waals surface area contributed by atoms with Gasteiger partial charge < -0.3 is 16.8 Å². The fourth-order valence-corrected chi connectivity index (χ4v) is 3.17. The summed E-state index contributed by atoms with van der Waals surface area (Å²) >= 11 is 5.95. The first kappa shape index (κ1) is 18.8. The Labute approximate surface area is 173 Å². The van der Waals surface area contributed by atoms with Crippen molar-refractivity contribution >= 4 is 34.4 Å². The second-order valence-corrected chi connectivity index (χ2v) is 6.85. The van der Waals surface area contributed by atoms with Gasteiger partial charge in [0.25, 0.3) is 0 Å². The number of nitrogen functional groups attached to an aromatic ring is 1. The van der Waals surface area contributed by atoms with Gasteiger partial charge in [-0.05, 0) is 48.9 Å². The summed E-state index contributed by atoms with van der Waals surface area (Å²) in [6.07, 6.45) is 3.35. The molecule has 0 fully saturated rings. The third kappa shape index (κ3) is 3.72. The minimum absolute atomic E-state index is 0.404. The Morgan fingerprint density at radius 3 is 2.62 bits per heavy atom. The molecule has 8 heteroatoms. The number of nitrogens with two attached hydrogens (primary N) is 2. The van der Waals surface area contributed by atoms with Crippen molar-refractivity contribution in [2.24, 2.45) is 5.73 Å². The maximum absolute atomic E-state index is 6.14. The first-order chi connectivity index (χ1) is 14.1. The topological polar surface area (TPSA) is 108 Å². The highest BCUT2D eigenvalue weighted by Crippen LogP contribution is 2.31. The van der Waals surface area contributed by atoms with Crippen molar-refractivity contribution in [3.63, 3.8) is 0 Å². The monoisotopic (exact) mass is 405 g/mol. The number of benzene rings is 1. The number of allylic oxidation sites excluding steroid dienone is 1. The molecule has 3 heterocycles. The number of halogens is 1. The molecule has 4 rings (SSSR count). The van der Waals surface area contributed by atoms with Crippen LogP contribution in [-0.4, -0.2) is 19.5 Å². The smallest absolute Gasteiger partial charge is 0.167 e. The van der Waals surface area contributed by atoms with Crippen LogP contribution in [0.5, 0.6) is 0 Å². The highest BCUT2D eigenvalue weighted by atomic mass is 35.5. The molecule has 1 aromatic carbocycles. The van der Waals surface area contributed by atoms with Crippen LogP contribution >= 0.6 is 11.6 Å². The molecular formula is C21H20ClN7. The quantitative estimate of drug-likeness (QED) is 0.432. The molecule has 0 aliphatic carbocycles. The Morgan fingerprint density at radius 1 is 1.14 bits per heavy atom. The van der Waals surface area contributed by atoms with E-state index in [0.717, 1.165) is 22.3 Å². The zero-order chi connectivity index (χ0) is 20.4. The first-order valence-corrected chi connectivity index (χ1v) is 9.54. The maximum Gasteiger partial charge on any atom is 0.167 e. The summed E-state index contributed by atoms with van der Waals surface area (Å²) in [6, 6.07) is 15.4. The van der Waals surface area contributed by atoms with Crippen LogP contribution in [0.25, 0.3) is 28.2 Å². The number of rotatable bonds is 5. The molecule has 0 saturated carbocycles. The second kappa shape index (κ2) is 7.81. The van der Waals surface area contributed by atoms with E-state index in [9.17, 15) is 0 Å². The number of pyridine rings is 2. The first-order valence-electron chi connectivity index (χ1n) is 9.01. The van der Waals surface area contributed by atoms with Crippen LogP contribution in [0.1, 0.15) is 12.5 Å². The SMILES string of the molecule is C/C(N)=C/Nc1ccc2nc(-c3cccnc3N)n(-c3ccc(CCl)cc3)c2n1. The third-order valence-electron chi connectivity index (χ3n) is 4.38. The van der Waals surface area contributed by atoms with Gasteiger partial charge in [0.15, 0.2) is 11.5 Å². The number of nitrogens with zero attached hydrogens (tertiary/aromatic N) is 4. The molecule has 7 nitrogen and oxygen atoms in total. The Bertz CT molecular complexity index is 1190. The van der Waals surface area contributed by atoms with Crippen LogP contribution in [0.2, 0.25) is 0 Å². The molecular weight excluding hydrogens is 386 g/mol. The number of anilines is 2. The van der Waals surface area contributed by atoms with Crippen molar-refractivity contribution in [3.8, 4) is 17.1 Å². The average Bonchev–Trinajstić information content (AvgIpc) is 3.11. The van der Waals surface area contributed by atoms with Gasteiger partial charge in [0.2, 0.25) is 0 Å². The van der Waals surface area contributed by atoms with Crippen LogP contribution < -0.4 is 16.8 Å². The summed E-state index contributed by atoms with van der Waals surface area (Å²) in [5, 5.41) is 3.10. The molecule has 5 N–H and O–H groups in total. The standard InChI is InChI=1S/C21H20ClN7/c1-13(23)12-26-18-9-8-17-21(28-18)29(15-6-4-14(11-22)5-7-15)20(27-17)16-3-2-10-25-19(16)24/h2-10,12H,11,23H2,1H3,(H2,24,25)(H,26,28)/b13-12-. The predicted octanol–water partition coefficient (Wildman–Crippen LogP) is 4.04. The van der Waals surface area contributed by atoms with Crippen LogP contribution in [-0.2, 0) is 5.88 Å². The van der Waals surface area contributed by atoms with Crippen LogP contribution in [0.3, 0.4) is 0 Å². The van der Waals surface area contributed by atoms with Gasteiger partial charge in [-0.25, -0.2) is 15.0 Å². The highest BCUT2D eigenvalue weighted by molar-refractivity contribution is 6.17. The highest BCUT2D eigenvalue weighted by Gasteiger charge is 2.18. The molecule has 0 bridgehead atoms. The van der Waals surface area contributed by atoms with E-state index >= 15 is 0 Å². The zero-order valence-electron chi connectivity index (χ0n) is 15.8. The van der Waals surface area contributed by atoms with Gasteiger partial charge in [-0.2, -0.15) is 0 Å². The van der Waals surface area contributed by atoms with E-state index in [2.05, 4.69) is 10.3 Å². The summed E-state index contributed by atoms with van der Waals surface area (Å²) < 4.78 is 1.96. The van der Waals surface area contributed by atoms with Crippen LogP contribution in [0, 0.1) is 0 Å². The molecule has 0 aliphatic rings. The van der Waals surface area contributed by atoms with Crippen molar-refractivity contribution in [2.45, 2.75) is 12.8 Å². The Morgan fingerprint density at radius 2 is 1.93 bits per heavy atom. The van der Waals surface area contributed by atoms with Gasteiger partial charge in [-0.3, -0.25) is 4.57 Å². The molecule has 4 aromatic rings. The van der Waals surface area contributed by atoms with Gasteiger partial charge in [-0.1, -0.05) is 12.1 Å². The van der Waals surface area contributed by atoms with E-state index < -0.39 is 0 Å². The van der Waals surface area contributed by atoms with E-state index in [-0.39, 0.29) is 0 Å².